The van der Waals surface area contributed by atoms with Crippen molar-refractivity contribution < 1.29 is 24.1 Å². The summed E-state index contributed by atoms with van der Waals surface area (Å²) >= 11 is 0. The molecule has 0 bridgehead atoms. The lowest BCUT2D eigenvalue weighted by molar-refractivity contribution is -0.0961. The van der Waals surface area contributed by atoms with E-state index in [-0.39, 0.29) is 24.7 Å². The van der Waals surface area contributed by atoms with Gasteiger partial charge in [-0.05, 0) is 17.7 Å². The topological polar surface area (TPSA) is 57.2 Å². The van der Waals surface area contributed by atoms with E-state index in [0.717, 1.165) is 17.1 Å². The Bertz CT molecular complexity index is 474. The molecule has 0 radical (unpaired) electrons. The van der Waals surface area contributed by atoms with Crippen molar-refractivity contribution in [3.05, 3.63) is 23.8 Å². The fraction of sp³-hybridized carbons (Fsp3) is 0.538. The first-order valence-electron chi connectivity index (χ1n) is 6.14. The van der Waals surface area contributed by atoms with Gasteiger partial charge >= 0.3 is 0 Å². The molecule has 2 fully saturated rings. The van der Waals surface area contributed by atoms with Crippen molar-refractivity contribution in [2.75, 3.05) is 20.0 Å². The van der Waals surface area contributed by atoms with E-state index in [1.54, 1.807) is 0 Å². The summed E-state index contributed by atoms with van der Waals surface area (Å²) in [7, 11) is 0. The van der Waals surface area contributed by atoms with Gasteiger partial charge in [-0.25, -0.2) is 0 Å². The molecular weight excluding hydrogens is 236 g/mol. The van der Waals surface area contributed by atoms with Gasteiger partial charge in [-0.15, -0.1) is 0 Å². The maximum absolute atomic E-state index is 9.67. The smallest absolute Gasteiger partial charge is 0.231 e. The summed E-state index contributed by atoms with van der Waals surface area (Å²) < 4.78 is 21.7. The van der Waals surface area contributed by atoms with Crippen LogP contribution >= 0.6 is 0 Å². The maximum atomic E-state index is 9.67. The van der Waals surface area contributed by atoms with Gasteiger partial charge in [0.05, 0.1) is 19.3 Å². The third kappa shape index (κ3) is 1.44. The number of fused-ring (bicyclic) bond motifs is 2. The number of benzene rings is 1. The van der Waals surface area contributed by atoms with Gasteiger partial charge in [0.2, 0.25) is 6.79 Å². The minimum absolute atomic E-state index is 0.0263. The van der Waals surface area contributed by atoms with Crippen LogP contribution in [0.15, 0.2) is 18.2 Å². The van der Waals surface area contributed by atoms with Crippen molar-refractivity contribution in [1.82, 2.24) is 0 Å². The average Bonchev–Trinajstić information content (AvgIpc) is 3.06. The zero-order valence-corrected chi connectivity index (χ0v) is 9.74. The molecule has 3 aliphatic rings. The van der Waals surface area contributed by atoms with Gasteiger partial charge in [0.15, 0.2) is 17.8 Å². The Balaban J connectivity index is 1.64. The van der Waals surface area contributed by atoms with Gasteiger partial charge in [0, 0.05) is 11.8 Å². The van der Waals surface area contributed by atoms with Crippen LogP contribution in [-0.2, 0) is 9.47 Å². The number of hydrogen-bond donors (Lipinski definition) is 1. The van der Waals surface area contributed by atoms with Crippen LogP contribution in [0.1, 0.15) is 11.7 Å². The van der Waals surface area contributed by atoms with Gasteiger partial charge in [0.1, 0.15) is 0 Å². The lowest BCUT2D eigenvalue weighted by Gasteiger charge is -2.16. The number of hydrogen-bond acceptors (Lipinski definition) is 5. The normalized spacial score (nSPS) is 36.9. The summed E-state index contributed by atoms with van der Waals surface area (Å²) in [6.07, 6.45) is -0.712. The van der Waals surface area contributed by atoms with E-state index in [2.05, 4.69) is 0 Å². The Morgan fingerprint density at radius 2 is 1.83 bits per heavy atom. The number of aliphatic hydroxyl groups excluding tert-OH is 1. The molecule has 3 heterocycles. The Morgan fingerprint density at radius 1 is 1.00 bits per heavy atom. The molecule has 96 valence electrons. The molecule has 1 N–H and O–H groups in total. The first-order chi connectivity index (χ1) is 8.83. The highest BCUT2D eigenvalue weighted by Gasteiger charge is 2.47. The van der Waals surface area contributed by atoms with E-state index in [4.69, 9.17) is 18.9 Å². The molecule has 3 aliphatic heterocycles. The van der Waals surface area contributed by atoms with Crippen LogP contribution in [0.2, 0.25) is 0 Å². The van der Waals surface area contributed by atoms with Crippen LogP contribution in [0, 0.1) is 11.8 Å². The van der Waals surface area contributed by atoms with Gasteiger partial charge in [-0.1, -0.05) is 6.07 Å². The van der Waals surface area contributed by atoms with Crippen molar-refractivity contribution in [3.8, 4) is 11.5 Å². The first kappa shape index (κ1) is 10.6. The molecule has 0 aromatic heterocycles. The van der Waals surface area contributed by atoms with Crippen LogP contribution in [0.4, 0.5) is 0 Å². The van der Waals surface area contributed by atoms with Crippen molar-refractivity contribution in [3.63, 3.8) is 0 Å². The largest absolute Gasteiger partial charge is 0.454 e. The summed E-state index contributed by atoms with van der Waals surface area (Å²) in [5, 5.41) is 9.67. The van der Waals surface area contributed by atoms with Crippen molar-refractivity contribution in [2.45, 2.75) is 12.4 Å². The second kappa shape index (κ2) is 3.85. The Morgan fingerprint density at radius 3 is 2.78 bits per heavy atom. The molecule has 1 aromatic carbocycles. The molecule has 5 nitrogen and oxygen atoms in total. The standard InChI is InChI=1S/C13H14O5/c14-13-9-5-15-12(8(9)4-16-13)7-1-2-10-11(3-7)18-6-17-10/h1-3,8-9,12-14H,4-6H2/t8-,9-,12-,13?/m1/s1. The van der Waals surface area contributed by atoms with Crippen molar-refractivity contribution in [1.29, 1.82) is 0 Å². The molecule has 4 rings (SSSR count). The minimum atomic E-state index is -0.686. The Kier molecular flexibility index (Phi) is 2.27. The van der Waals surface area contributed by atoms with Gasteiger partial charge in [-0.3, -0.25) is 0 Å². The number of rotatable bonds is 1. The summed E-state index contributed by atoms with van der Waals surface area (Å²) in [6.45, 7) is 1.37. The molecule has 5 heteroatoms. The summed E-state index contributed by atoms with van der Waals surface area (Å²) in [6, 6.07) is 5.85. The zero-order valence-electron chi connectivity index (χ0n) is 9.74. The predicted octanol–water partition coefficient (Wildman–Crippen LogP) is 1.07. The average molecular weight is 250 g/mol. The van der Waals surface area contributed by atoms with Gasteiger partial charge in [-0.2, -0.15) is 0 Å². The SMILES string of the molecule is OC1OC[C@H]2[C@@H](c3ccc4c(c3)OCO4)OC[C@@H]12. The third-order valence-corrected chi connectivity index (χ3v) is 3.96. The highest BCUT2D eigenvalue weighted by atomic mass is 16.7. The summed E-state index contributed by atoms with van der Waals surface area (Å²) in [4.78, 5) is 0. The molecule has 1 aromatic rings. The van der Waals surface area contributed by atoms with Crippen LogP contribution < -0.4 is 9.47 Å². The lowest BCUT2D eigenvalue weighted by Crippen LogP contribution is -2.19. The second-order valence-electron chi connectivity index (χ2n) is 4.92. The predicted molar refractivity (Wildman–Crippen MR) is 60.2 cm³/mol. The highest BCUT2D eigenvalue weighted by Crippen LogP contribution is 2.46. The Hall–Kier alpha value is -1.30. The van der Waals surface area contributed by atoms with Crippen LogP contribution in [-0.4, -0.2) is 31.4 Å². The molecular formula is C13H14O5. The van der Waals surface area contributed by atoms with Gasteiger partial charge in [0.25, 0.3) is 0 Å². The lowest BCUT2D eigenvalue weighted by atomic mass is 9.89. The summed E-state index contributed by atoms with van der Waals surface area (Å²) in [5.41, 5.74) is 1.06. The summed E-state index contributed by atoms with van der Waals surface area (Å²) in [5.74, 6) is 1.84. The van der Waals surface area contributed by atoms with Crippen LogP contribution in [0.5, 0.6) is 11.5 Å². The van der Waals surface area contributed by atoms with E-state index < -0.39 is 6.29 Å². The Labute approximate surface area is 104 Å². The van der Waals surface area contributed by atoms with E-state index >= 15 is 0 Å². The fourth-order valence-corrected chi connectivity index (χ4v) is 2.96. The molecule has 0 spiro atoms. The number of aliphatic hydroxyl groups is 1. The fourth-order valence-electron chi connectivity index (χ4n) is 2.96. The zero-order chi connectivity index (χ0) is 12.1. The first-order valence-corrected chi connectivity index (χ1v) is 6.14. The molecule has 0 amide bonds. The second-order valence-corrected chi connectivity index (χ2v) is 4.92. The van der Waals surface area contributed by atoms with Crippen LogP contribution in [0.3, 0.4) is 0 Å². The molecule has 2 saturated heterocycles. The quantitative estimate of drug-likeness (QED) is 0.808. The molecule has 0 saturated carbocycles. The van der Waals surface area contributed by atoms with Crippen molar-refractivity contribution in [2.24, 2.45) is 11.8 Å². The minimum Gasteiger partial charge on any atom is -0.454 e. The third-order valence-electron chi connectivity index (χ3n) is 3.96. The van der Waals surface area contributed by atoms with E-state index in [0.29, 0.717) is 13.2 Å². The van der Waals surface area contributed by atoms with E-state index in [1.807, 2.05) is 18.2 Å². The van der Waals surface area contributed by atoms with Crippen molar-refractivity contribution >= 4 is 0 Å². The molecule has 0 aliphatic carbocycles. The number of ether oxygens (including phenoxy) is 4. The van der Waals surface area contributed by atoms with Crippen LogP contribution in [0.25, 0.3) is 0 Å². The monoisotopic (exact) mass is 250 g/mol. The highest BCUT2D eigenvalue weighted by molar-refractivity contribution is 5.45. The molecule has 1 unspecified atom stereocenters. The van der Waals surface area contributed by atoms with E-state index in [1.165, 1.54) is 0 Å². The van der Waals surface area contributed by atoms with E-state index in [9.17, 15) is 5.11 Å². The molecule has 18 heavy (non-hydrogen) atoms. The molecule has 4 atom stereocenters. The van der Waals surface area contributed by atoms with Gasteiger partial charge < -0.3 is 24.1 Å². The maximum Gasteiger partial charge on any atom is 0.231 e.